The Morgan fingerprint density at radius 1 is 1.26 bits per heavy atom. The first-order chi connectivity index (χ1) is 9.05. The van der Waals surface area contributed by atoms with Crippen LogP contribution in [0.4, 0.5) is 13.2 Å². The fourth-order valence-electron chi connectivity index (χ4n) is 1.85. The average molecular weight is 291 g/mol. The van der Waals surface area contributed by atoms with Gasteiger partial charge in [-0.3, -0.25) is 4.90 Å². The van der Waals surface area contributed by atoms with Gasteiger partial charge in [-0.1, -0.05) is 0 Å². The lowest BCUT2D eigenvalue weighted by atomic mass is 10.3. The highest BCUT2D eigenvalue weighted by atomic mass is 32.2. The summed E-state index contributed by atoms with van der Waals surface area (Å²) in [4.78, 5) is 6.18. The first-order valence-electron chi connectivity index (χ1n) is 6.15. The van der Waals surface area contributed by atoms with E-state index in [-0.39, 0.29) is 0 Å². The number of piperazine rings is 1. The average Bonchev–Trinajstić information content (AvgIpc) is 2.39. The number of aromatic nitrogens is 1. The van der Waals surface area contributed by atoms with Gasteiger partial charge in [0.15, 0.2) is 0 Å². The zero-order valence-corrected chi connectivity index (χ0v) is 11.2. The van der Waals surface area contributed by atoms with E-state index in [4.69, 9.17) is 0 Å². The minimum Gasteiger partial charge on any atom is -0.314 e. The molecule has 106 valence electrons. The van der Waals surface area contributed by atoms with Crippen LogP contribution < -0.4 is 5.32 Å². The van der Waals surface area contributed by atoms with Gasteiger partial charge < -0.3 is 5.32 Å². The fourth-order valence-corrected chi connectivity index (χ4v) is 2.70. The summed E-state index contributed by atoms with van der Waals surface area (Å²) in [6.45, 7) is 5.00. The summed E-state index contributed by atoms with van der Waals surface area (Å²) in [5.41, 5.74) is -0.695. The molecule has 0 bridgehead atoms. The number of halogens is 3. The lowest BCUT2D eigenvalue weighted by Crippen LogP contribution is -2.44. The minimum absolute atomic E-state index is 0.642. The predicted molar refractivity (Wildman–Crippen MR) is 69.3 cm³/mol. The molecule has 0 aromatic carbocycles. The van der Waals surface area contributed by atoms with Crippen molar-refractivity contribution in [1.29, 1.82) is 0 Å². The predicted octanol–water partition coefficient (Wildman–Crippen LogP) is 2.10. The molecule has 0 spiro atoms. The number of hydrogen-bond acceptors (Lipinski definition) is 4. The third-order valence-electron chi connectivity index (χ3n) is 2.93. The summed E-state index contributed by atoms with van der Waals surface area (Å²) in [5, 5.41) is 3.92. The minimum atomic E-state index is -4.31. The standard InChI is InChI=1S/C12H16F3N3S/c13-12(14,15)10-1-2-11(17-9-10)19-8-7-18-5-3-16-4-6-18/h1-2,9,16H,3-8H2. The van der Waals surface area contributed by atoms with E-state index in [1.165, 1.54) is 17.8 Å². The number of nitrogens with one attached hydrogen (secondary N) is 1. The Bertz CT molecular complexity index is 388. The Morgan fingerprint density at radius 3 is 2.58 bits per heavy atom. The molecule has 7 heteroatoms. The van der Waals surface area contributed by atoms with Crippen LogP contribution in [0.15, 0.2) is 23.4 Å². The molecule has 1 saturated heterocycles. The molecule has 0 saturated carbocycles. The molecule has 0 unspecified atom stereocenters. The van der Waals surface area contributed by atoms with Crippen molar-refractivity contribution in [3.8, 4) is 0 Å². The fraction of sp³-hybridized carbons (Fsp3) is 0.583. The quantitative estimate of drug-likeness (QED) is 0.860. The first kappa shape index (κ1) is 14.6. The van der Waals surface area contributed by atoms with Crippen LogP contribution in [-0.2, 0) is 6.18 Å². The van der Waals surface area contributed by atoms with Crippen molar-refractivity contribution in [1.82, 2.24) is 15.2 Å². The molecule has 1 N–H and O–H groups in total. The van der Waals surface area contributed by atoms with Crippen LogP contribution in [-0.4, -0.2) is 48.4 Å². The van der Waals surface area contributed by atoms with E-state index in [1.807, 2.05) is 0 Å². The second kappa shape index (κ2) is 6.58. The molecule has 1 aromatic rings. The highest BCUT2D eigenvalue weighted by Crippen LogP contribution is 2.29. The monoisotopic (exact) mass is 291 g/mol. The highest BCUT2D eigenvalue weighted by Gasteiger charge is 2.30. The van der Waals surface area contributed by atoms with Crippen LogP contribution in [0.1, 0.15) is 5.56 Å². The second-order valence-electron chi connectivity index (χ2n) is 4.32. The van der Waals surface area contributed by atoms with Crippen LogP contribution in [0.5, 0.6) is 0 Å². The molecule has 1 aliphatic rings. The van der Waals surface area contributed by atoms with E-state index in [2.05, 4.69) is 15.2 Å². The first-order valence-corrected chi connectivity index (χ1v) is 7.13. The van der Waals surface area contributed by atoms with Crippen molar-refractivity contribution in [3.63, 3.8) is 0 Å². The molecule has 0 aliphatic carbocycles. The van der Waals surface area contributed by atoms with Gasteiger partial charge in [-0.05, 0) is 12.1 Å². The van der Waals surface area contributed by atoms with Crippen molar-refractivity contribution >= 4 is 11.8 Å². The summed E-state index contributed by atoms with van der Waals surface area (Å²) in [5.74, 6) is 0.846. The van der Waals surface area contributed by atoms with Crippen LogP contribution >= 0.6 is 11.8 Å². The van der Waals surface area contributed by atoms with Crippen molar-refractivity contribution in [2.45, 2.75) is 11.2 Å². The number of nitrogens with zero attached hydrogens (tertiary/aromatic N) is 2. The van der Waals surface area contributed by atoms with Crippen LogP contribution in [0.3, 0.4) is 0 Å². The van der Waals surface area contributed by atoms with Crippen molar-refractivity contribution in [2.24, 2.45) is 0 Å². The maximum Gasteiger partial charge on any atom is 0.417 e. The van der Waals surface area contributed by atoms with E-state index >= 15 is 0 Å². The molecular formula is C12H16F3N3S. The lowest BCUT2D eigenvalue weighted by molar-refractivity contribution is -0.137. The largest absolute Gasteiger partial charge is 0.417 e. The van der Waals surface area contributed by atoms with Crippen LogP contribution in [0, 0.1) is 0 Å². The van der Waals surface area contributed by atoms with Gasteiger partial charge in [0, 0.05) is 44.7 Å². The van der Waals surface area contributed by atoms with Crippen LogP contribution in [0.2, 0.25) is 0 Å². The third-order valence-corrected chi connectivity index (χ3v) is 3.85. The summed E-state index contributed by atoms with van der Waals surface area (Å²) in [7, 11) is 0. The second-order valence-corrected chi connectivity index (χ2v) is 5.44. The molecule has 0 atom stereocenters. The van der Waals surface area contributed by atoms with Gasteiger partial charge >= 0.3 is 6.18 Å². The third kappa shape index (κ3) is 4.67. The van der Waals surface area contributed by atoms with Gasteiger partial charge in [0.25, 0.3) is 0 Å². The Kier molecular flexibility index (Phi) is 5.06. The number of thioether (sulfide) groups is 1. The normalized spacial score (nSPS) is 17.6. The molecule has 1 fully saturated rings. The highest BCUT2D eigenvalue weighted by molar-refractivity contribution is 7.99. The summed E-state index contributed by atoms with van der Waals surface area (Å²) in [6, 6.07) is 2.52. The molecule has 2 heterocycles. The molecular weight excluding hydrogens is 275 g/mol. The van der Waals surface area contributed by atoms with E-state index in [9.17, 15) is 13.2 Å². The Morgan fingerprint density at radius 2 is 2.00 bits per heavy atom. The van der Waals surface area contributed by atoms with E-state index in [1.54, 1.807) is 0 Å². The smallest absolute Gasteiger partial charge is 0.314 e. The van der Waals surface area contributed by atoms with Gasteiger partial charge in [-0.25, -0.2) is 4.98 Å². The van der Waals surface area contributed by atoms with Crippen molar-refractivity contribution < 1.29 is 13.2 Å². The van der Waals surface area contributed by atoms with E-state index < -0.39 is 11.7 Å². The Labute approximate surface area is 114 Å². The van der Waals surface area contributed by atoms with E-state index in [0.29, 0.717) is 5.03 Å². The Hall–Kier alpha value is -0.790. The van der Waals surface area contributed by atoms with Gasteiger partial charge in [0.05, 0.1) is 10.6 Å². The van der Waals surface area contributed by atoms with E-state index in [0.717, 1.165) is 50.7 Å². The Balaban J connectivity index is 1.76. The van der Waals surface area contributed by atoms with Gasteiger partial charge in [-0.15, -0.1) is 11.8 Å². The summed E-state index contributed by atoms with van der Waals surface area (Å²) >= 11 is 1.49. The lowest BCUT2D eigenvalue weighted by Gasteiger charge is -2.26. The number of pyridine rings is 1. The zero-order chi connectivity index (χ0) is 13.7. The van der Waals surface area contributed by atoms with Gasteiger partial charge in [0.1, 0.15) is 0 Å². The molecule has 0 radical (unpaired) electrons. The number of rotatable bonds is 4. The van der Waals surface area contributed by atoms with Crippen LogP contribution in [0.25, 0.3) is 0 Å². The summed E-state index contributed by atoms with van der Waals surface area (Å²) < 4.78 is 37.1. The number of alkyl halides is 3. The molecule has 1 aliphatic heterocycles. The zero-order valence-electron chi connectivity index (χ0n) is 10.4. The van der Waals surface area contributed by atoms with Gasteiger partial charge in [-0.2, -0.15) is 13.2 Å². The van der Waals surface area contributed by atoms with Crippen molar-refractivity contribution in [3.05, 3.63) is 23.9 Å². The SMILES string of the molecule is FC(F)(F)c1ccc(SCCN2CCNCC2)nc1. The maximum atomic E-state index is 12.4. The molecule has 1 aromatic heterocycles. The molecule has 2 rings (SSSR count). The molecule has 3 nitrogen and oxygen atoms in total. The maximum absolute atomic E-state index is 12.4. The topological polar surface area (TPSA) is 28.2 Å². The molecule has 0 amide bonds. The summed E-state index contributed by atoms with van der Waals surface area (Å²) in [6.07, 6.45) is -3.41. The molecule has 19 heavy (non-hydrogen) atoms. The van der Waals surface area contributed by atoms with Gasteiger partial charge in [0.2, 0.25) is 0 Å². The number of hydrogen-bond donors (Lipinski definition) is 1. The van der Waals surface area contributed by atoms with Crippen molar-refractivity contribution in [2.75, 3.05) is 38.5 Å².